The molecule has 0 aliphatic heterocycles. The van der Waals surface area contributed by atoms with Gasteiger partial charge in [0.25, 0.3) is 6.29 Å². The highest BCUT2D eigenvalue weighted by Crippen LogP contribution is 2.17. The second-order valence-corrected chi connectivity index (χ2v) is 3.74. The zero-order valence-corrected chi connectivity index (χ0v) is 11.4. The molecular weight excluding hydrogens is 282 g/mol. The van der Waals surface area contributed by atoms with Crippen molar-refractivity contribution in [3.05, 3.63) is 60.7 Å². The molecule has 0 spiro atoms. The quantitative estimate of drug-likeness (QED) is 0.641. The molecule has 2 aromatic rings. The van der Waals surface area contributed by atoms with Crippen LogP contribution >= 0.6 is 0 Å². The second-order valence-electron chi connectivity index (χ2n) is 3.74. The molecule has 0 bridgehead atoms. The Hall–Kier alpha value is -3.42. The van der Waals surface area contributed by atoms with E-state index in [2.05, 4.69) is 63.5 Å². The van der Waals surface area contributed by atoms with Crippen LogP contribution in [0.5, 0.6) is 0 Å². The minimum Gasteiger partial charge on any atom is -0.211 e. The van der Waals surface area contributed by atoms with E-state index in [0.717, 1.165) is 18.2 Å². The van der Waals surface area contributed by atoms with Gasteiger partial charge in [-0.15, -0.1) is 0 Å². The number of hydrogen-bond donors (Lipinski definition) is 0. The highest BCUT2D eigenvalue weighted by Gasteiger charge is 1.96. The van der Waals surface area contributed by atoms with E-state index in [1.54, 1.807) is 0 Å². The van der Waals surface area contributed by atoms with Gasteiger partial charge < -0.3 is 0 Å². The standard InChI is InChI=1S/C12H10.C4HN3O3/c1-3-7-11(8-4-1)12-9-5-2-6-10-12;8-1-5-4(6-2-9)7-3-10/h1-10H;4H. The Bertz CT molecular complexity index is 633. The summed E-state index contributed by atoms with van der Waals surface area (Å²) in [6, 6.07) is 20.8. The summed E-state index contributed by atoms with van der Waals surface area (Å²) in [5.41, 5.74) is 2.55. The Kier molecular flexibility index (Phi) is 7.85. The molecule has 0 aliphatic carbocycles. The lowest BCUT2D eigenvalue weighted by Gasteiger charge is -1.98. The molecule has 0 atom stereocenters. The number of aliphatic imine (C=N–C) groups is 3. The Morgan fingerprint density at radius 2 is 0.909 bits per heavy atom. The summed E-state index contributed by atoms with van der Waals surface area (Å²) in [5.74, 6) is 0. The first kappa shape index (κ1) is 16.6. The number of carbonyl (C=O) groups excluding carboxylic acids is 3. The molecule has 0 aromatic heterocycles. The summed E-state index contributed by atoms with van der Waals surface area (Å²) in [4.78, 5) is 37.0. The van der Waals surface area contributed by atoms with Gasteiger partial charge in [-0.25, -0.2) is 14.4 Å². The third-order valence-corrected chi connectivity index (χ3v) is 2.39. The SMILES string of the molecule is O=C=NC(N=C=O)N=C=O.c1ccc(-c2ccccc2)cc1. The summed E-state index contributed by atoms with van der Waals surface area (Å²) >= 11 is 0. The molecule has 6 nitrogen and oxygen atoms in total. The lowest BCUT2D eigenvalue weighted by molar-refractivity contribution is 0.545. The first-order valence-electron chi connectivity index (χ1n) is 6.13. The zero-order chi connectivity index (χ0) is 16.0. The normalized spacial score (nSPS) is 9.64. The fraction of sp³-hybridized carbons (Fsp3) is 0.0625. The fourth-order valence-electron chi connectivity index (χ4n) is 1.49. The number of hydrogen-bond acceptors (Lipinski definition) is 6. The number of benzene rings is 2. The van der Waals surface area contributed by atoms with Crippen LogP contribution in [0, 0.1) is 0 Å². The molecule has 0 fully saturated rings. The summed E-state index contributed by atoms with van der Waals surface area (Å²) in [6.45, 7) is 0. The summed E-state index contributed by atoms with van der Waals surface area (Å²) in [7, 11) is 0. The Labute approximate surface area is 126 Å². The van der Waals surface area contributed by atoms with Crippen molar-refractivity contribution < 1.29 is 14.4 Å². The molecule has 0 saturated carbocycles. The predicted octanol–water partition coefficient (Wildman–Crippen LogP) is 2.63. The molecule has 0 saturated heterocycles. The zero-order valence-electron chi connectivity index (χ0n) is 11.4. The van der Waals surface area contributed by atoms with Crippen LogP contribution in [0.3, 0.4) is 0 Å². The van der Waals surface area contributed by atoms with E-state index < -0.39 is 6.29 Å². The highest BCUT2D eigenvalue weighted by molar-refractivity contribution is 5.62. The van der Waals surface area contributed by atoms with Crippen molar-refractivity contribution in [2.45, 2.75) is 6.29 Å². The van der Waals surface area contributed by atoms with E-state index in [4.69, 9.17) is 0 Å². The van der Waals surface area contributed by atoms with Gasteiger partial charge in [-0.05, 0) is 11.1 Å². The van der Waals surface area contributed by atoms with Gasteiger partial charge in [0.1, 0.15) is 0 Å². The van der Waals surface area contributed by atoms with E-state index in [0.29, 0.717) is 0 Å². The average molecular weight is 293 g/mol. The van der Waals surface area contributed by atoms with Gasteiger partial charge in [0.05, 0.1) is 0 Å². The minimum absolute atomic E-state index is 1.07. The molecule has 0 heterocycles. The van der Waals surface area contributed by atoms with Crippen LogP contribution in [-0.4, -0.2) is 24.5 Å². The second kappa shape index (κ2) is 10.4. The van der Waals surface area contributed by atoms with Crippen LogP contribution in [0.15, 0.2) is 75.6 Å². The van der Waals surface area contributed by atoms with Gasteiger partial charge in [0, 0.05) is 0 Å². The van der Waals surface area contributed by atoms with Gasteiger partial charge in [0.15, 0.2) is 0 Å². The maximum atomic E-state index is 9.49. The lowest BCUT2D eigenvalue weighted by atomic mass is 10.1. The van der Waals surface area contributed by atoms with Crippen LogP contribution in [0.2, 0.25) is 0 Å². The van der Waals surface area contributed by atoms with E-state index in [9.17, 15) is 14.4 Å². The van der Waals surface area contributed by atoms with Crippen molar-refractivity contribution in [2.24, 2.45) is 15.0 Å². The van der Waals surface area contributed by atoms with E-state index >= 15 is 0 Å². The van der Waals surface area contributed by atoms with Crippen LogP contribution in [0.25, 0.3) is 11.1 Å². The largest absolute Gasteiger partial charge is 0.267 e. The third kappa shape index (κ3) is 6.15. The van der Waals surface area contributed by atoms with Crippen LogP contribution < -0.4 is 0 Å². The molecule has 0 aliphatic rings. The van der Waals surface area contributed by atoms with Crippen molar-refractivity contribution in [3.8, 4) is 11.1 Å². The minimum atomic E-state index is -1.37. The Morgan fingerprint density at radius 1 is 0.591 bits per heavy atom. The van der Waals surface area contributed by atoms with E-state index in [-0.39, 0.29) is 0 Å². The summed E-state index contributed by atoms with van der Waals surface area (Å²) in [5, 5.41) is 0. The molecule has 0 amide bonds. The van der Waals surface area contributed by atoms with Crippen molar-refractivity contribution in [1.82, 2.24) is 0 Å². The molecule has 22 heavy (non-hydrogen) atoms. The topological polar surface area (TPSA) is 88.3 Å². The van der Waals surface area contributed by atoms with Crippen molar-refractivity contribution in [2.75, 3.05) is 0 Å². The van der Waals surface area contributed by atoms with E-state index in [1.807, 2.05) is 12.1 Å². The van der Waals surface area contributed by atoms with Crippen molar-refractivity contribution >= 4 is 18.2 Å². The number of rotatable bonds is 4. The maximum Gasteiger partial charge on any atom is 0.267 e. The fourth-order valence-corrected chi connectivity index (χ4v) is 1.49. The summed E-state index contributed by atoms with van der Waals surface area (Å²) in [6.07, 6.45) is 1.83. The van der Waals surface area contributed by atoms with Crippen LogP contribution in [-0.2, 0) is 14.4 Å². The molecule has 2 rings (SSSR count). The monoisotopic (exact) mass is 293 g/mol. The van der Waals surface area contributed by atoms with Crippen LogP contribution in [0.1, 0.15) is 0 Å². The summed E-state index contributed by atoms with van der Waals surface area (Å²) < 4.78 is 0. The molecule has 0 radical (unpaired) electrons. The molecule has 2 aromatic carbocycles. The molecule has 108 valence electrons. The van der Waals surface area contributed by atoms with Gasteiger partial charge in [-0.3, -0.25) is 0 Å². The van der Waals surface area contributed by atoms with Gasteiger partial charge in [0.2, 0.25) is 18.2 Å². The first-order chi connectivity index (χ1) is 10.8. The number of isocyanates is 3. The smallest absolute Gasteiger partial charge is 0.211 e. The molecule has 6 heteroatoms. The Balaban J connectivity index is 0.000000225. The molecule has 0 N–H and O–H groups in total. The predicted molar refractivity (Wildman–Crippen MR) is 80.0 cm³/mol. The van der Waals surface area contributed by atoms with Gasteiger partial charge in [-0.2, -0.15) is 15.0 Å². The maximum absolute atomic E-state index is 9.49. The number of nitrogens with zero attached hydrogens (tertiary/aromatic N) is 3. The average Bonchev–Trinajstić information content (AvgIpc) is 2.58. The molecular formula is C16H11N3O3. The third-order valence-electron chi connectivity index (χ3n) is 2.39. The highest BCUT2D eigenvalue weighted by atomic mass is 16.1. The van der Waals surface area contributed by atoms with Gasteiger partial charge in [-0.1, -0.05) is 60.7 Å². The van der Waals surface area contributed by atoms with Crippen molar-refractivity contribution in [3.63, 3.8) is 0 Å². The lowest BCUT2D eigenvalue weighted by Crippen LogP contribution is -1.92. The molecule has 0 unspecified atom stereocenters. The van der Waals surface area contributed by atoms with E-state index in [1.165, 1.54) is 11.1 Å². The Morgan fingerprint density at radius 3 is 1.18 bits per heavy atom. The van der Waals surface area contributed by atoms with Gasteiger partial charge >= 0.3 is 0 Å². The van der Waals surface area contributed by atoms with Crippen LogP contribution in [0.4, 0.5) is 0 Å². The first-order valence-corrected chi connectivity index (χ1v) is 6.13. The van der Waals surface area contributed by atoms with Crippen molar-refractivity contribution in [1.29, 1.82) is 0 Å².